The van der Waals surface area contributed by atoms with Crippen molar-refractivity contribution < 1.29 is 9.59 Å². The SMILES string of the molecule is O=C(NCC1(C2CC2)CCC1)N1CCCN(C(=O)C2CC2)CC1. The number of hydrogen-bond acceptors (Lipinski definition) is 2. The average molecular weight is 319 g/mol. The van der Waals surface area contributed by atoms with Crippen LogP contribution in [0.15, 0.2) is 0 Å². The molecule has 0 aromatic heterocycles. The molecule has 4 fully saturated rings. The number of rotatable bonds is 4. The minimum absolute atomic E-state index is 0.0812. The van der Waals surface area contributed by atoms with Gasteiger partial charge in [0, 0.05) is 38.6 Å². The highest BCUT2D eigenvalue weighted by atomic mass is 16.2. The predicted octanol–water partition coefficient (Wildman–Crippen LogP) is 2.22. The molecule has 128 valence electrons. The third-order valence-electron chi connectivity index (χ3n) is 6.41. The van der Waals surface area contributed by atoms with Gasteiger partial charge < -0.3 is 15.1 Å². The lowest BCUT2D eigenvalue weighted by Gasteiger charge is -2.43. The van der Waals surface area contributed by atoms with Crippen molar-refractivity contribution in [3.05, 3.63) is 0 Å². The van der Waals surface area contributed by atoms with Crippen molar-refractivity contribution in [1.29, 1.82) is 0 Å². The van der Waals surface area contributed by atoms with E-state index in [-0.39, 0.29) is 11.9 Å². The van der Waals surface area contributed by atoms with E-state index in [1.807, 2.05) is 9.80 Å². The largest absolute Gasteiger partial charge is 0.341 e. The van der Waals surface area contributed by atoms with Gasteiger partial charge in [0.1, 0.15) is 0 Å². The lowest BCUT2D eigenvalue weighted by Crippen LogP contribution is -2.49. The monoisotopic (exact) mass is 319 g/mol. The Morgan fingerprint density at radius 2 is 1.61 bits per heavy atom. The number of nitrogens with zero attached hydrogens (tertiary/aromatic N) is 2. The molecule has 0 atom stereocenters. The maximum atomic E-state index is 12.5. The van der Waals surface area contributed by atoms with Crippen molar-refractivity contribution in [2.75, 3.05) is 32.7 Å². The Labute approximate surface area is 138 Å². The number of carbonyl (C=O) groups is 2. The molecule has 0 spiro atoms. The van der Waals surface area contributed by atoms with Crippen molar-refractivity contribution in [3.8, 4) is 0 Å². The zero-order valence-corrected chi connectivity index (χ0v) is 14.1. The Kier molecular flexibility index (Phi) is 3.98. The standard InChI is InChI=1S/C18H29N3O2/c22-16(14-3-4-14)20-9-2-10-21(12-11-20)17(23)19-13-18(7-1-8-18)15-5-6-15/h14-15H,1-13H2,(H,19,23). The molecule has 5 heteroatoms. The summed E-state index contributed by atoms with van der Waals surface area (Å²) < 4.78 is 0. The molecule has 0 bridgehead atoms. The Morgan fingerprint density at radius 3 is 2.22 bits per heavy atom. The minimum Gasteiger partial charge on any atom is -0.341 e. The zero-order chi connectivity index (χ0) is 15.9. The van der Waals surface area contributed by atoms with Crippen LogP contribution in [-0.4, -0.2) is 54.5 Å². The molecule has 0 aromatic rings. The first-order chi connectivity index (χ1) is 11.2. The second-order valence-corrected chi connectivity index (χ2v) is 8.09. The van der Waals surface area contributed by atoms with Crippen LogP contribution in [0.4, 0.5) is 4.79 Å². The predicted molar refractivity (Wildman–Crippen MR) is 87.9 cm³/mol. The van der Waals surface area contributed by atoms with Crippen LogP contribution in [0.3, 0.4) is 0 Å². The van der Waals surface area contributed by atoms with Crippen molar-refractivity contribution in [3.63, 3.8) is 0 Å². The summed E-state index contributed by atoms with van der Waals surface area (Å²) in [5.41, 5.74) is 0.426. The molecule has 3 amide bonds. The van der Waals surface area contributed by atoms with Crippen molar-refractivity contribution >= 4 is 11.9 Å². The molecule has 23 heavy (non-hydrogen) atoms. The maximum Gasteiger partial charge on any atom is 0.317 e. The molecule has 3 saturated carbocycles. The molecular formula is C18H29N3O2. The van der Waals surface area contributed by atoms with E-state index in [0.717, 1.165) is 44.8 Å². The van der Waals surface area contributed by atoms with Crippen molar-refractivity contribution in [1.82, 2.24) is 15.1 Å². The summed E-state index contributed by atoms with van der Waals surface area (Å²) in [5.74, 6) is 1.47. The van der Waals surface area contributed by atoms with Crippen LogP contribution in [0, 0.1) is 17.3 Å². The van der Waals surface area contributed by atoms with Gasteiger partial charge in [-0.25, -0.2) is 4.79 Å². The van der Waals surface area contributed by atoms with E-state index in [1.165, 1.54) is 32.1 Å². The topological polar surface area (TPSA) is 52.7 Å². The van der Waals surface area contributed by atoms with E-state index in [0.29, 0.717) is 24.4 Å². The Bertz CT molecular complexity index is 481. The summed E-state index contributed by atoms with van der Waals surface area (Å²) in [6.07, 6.45) is 9.65. The highest BCUT2D eigenvalue weighted by Gasteiger charge is 2.49. The van der Waals surface area contributed by atoms with Gasteiger partial charge in [0.15, 0.2) is 0 Å². The summed E-state index contributed by atoms with van der Waals surface area (Å²) in [6, 6.07) is 0.0812. The molecular weight excluding hydrogens is 290 g/mol. The fraction of sp³-hybridized carbons (Fsp3) is 0.889. The molecule has 1 heterocycles. The molecule has 4 aliphatic rings. The van der Waals surface area contributed by atoms with Gasteiger partial charge in [-0.05, 0) is 56.3 Å². The van der Waals surface area contributed by atoms with Crippen LogP contribution in [-0.2, 0) is 4.79 Å². The average Bonchev–Trinajstić information content (AvgIpc) is 3.39. The smallest absolute Gasteiger partial charge is 0.317 e. The normalized spacial score (nSPS) is 27.1. The number of carbonyl (C=O) groups excluding carboxylic acids is 2. The van der Waals surface area contributed by atoms with Crippen LogP contribution in [0.5, 0.6) is 0 Å². The first-order valence-electron chi connectivity index (χ1n) is 9.49. The van der Waals surface area contributed by atoms with Crippen LogP contribution >= 0.6 is 0 Å². The molecule has 0 unspecified atom stereocenters. The molecule has 1 aliphatic heterocycles. The number of amides is 3. The van der Waals surface area contributed by atoms with E-state index in [1.54, 1.807) is 0 Å². The zero-order valence-electron chi connectivity index (χ0n) is 14.1. The fourth-order valence-corrected chi connectivity index (χ4v) is 4.35. The third-order valence-corrected chi connectivity index (χ3v) is 6.41. The van der Waals surface area contributed by atoms with Crippen LogP contribution < -0.4 is 5.32 Å². The van der Waals surface area contributed by atoms with E-state index >= 15 is 0 Å². The quantitative estimate of drug-likeness (QED) is 0.864. The second-order valence-electron chi connectivity index (χ2n) is 8.09. The third kappa shape index (κ3) is 3.20. The first-order valence-corrected chi connectivity index (χ1v) is 9.49. The fourth-order valence-electron chi connectivity index (χ4n) is 4.35. The second kappa shape index (κ2) is 5.99. The van der Waals surface area contributed by atoms with Gasteiger partial charge in [0.25, 0.3) is 0 Å². The lowest BCUT2D eigenvalue weighted by atomic mass is 9.65. The number of nitrogens with one attached hydrogen (secondary N) is 1. The van der Waals surface area contributed by atoms with E-state index in [9.17, 15) is 9.59 Å². The molecule has 5 nitrogen and oxygen atoms in total. The maximum absolute atomic E-state index is 12.5. The van der Waals surface area contributed by atoms with Crippen LogP contribution in [0.2, 0.25) is 0 Å². The van der Waals surface area contributed by atoms with Gasteiger partial charge in [-0.3, -0.25) is 4.79 Å². The highest BCUT2D eigenvalue weighted by Crippen LogP contribution is 2.56. The summed E-state index contributed by atoms with van der Waals surface area (Å²) in [6.45, 7) is 3.83. The molecule has 3 aliphatic carbocycles. The van der Waals surface area contributed by atoms with E-state index < -0.39 is 0 Å². The Morgan fingerprint density at radius 1 is 0.913 bits per heavy atom. The van der Waals surface area contributed by atoms with Gasteiger partial charge in [-0.1, -0.05) is 6.42 Å². The Hall–Kier alpha value is -1.26. The van der Waals surface area contributed by atoms with Crippen molar-refractivity contribution in [2.24, 2.45) is 17.3 Å². The lowest BCUT2D eigenvalue weighted by molar-refractivity contribution is -0.132. The van der Waals surface area contributed by atoms with Crippen LogP contribution in [0.25, 0.3) is 0 Å². The molecule has 4 rings (SSSR count). The number of hydrogen-bond donors (Lipinski definition) is 1. The van der Waals surface area contributed by atoms with Gasteiger partial charge in [-0.2, -0.15) is 0 Å². The van der Waals surface area contributed by atoms with Gasteiger partial charge in [-0.15, -0.1) is 0 Å². The van der Waals surface area contributed by atoms with E-state index in [4.69, 9.17) is 0 Å². The first kappa shape index (κ1) is 15.3. The summed E-state index contributed by atoms with van der Waals surface area (Å²) in [4.78, 5) is 28.6. The van der Waals surface area contributed by atoms with Crippen molar-refractivity contribution in [2.45, 2.75) is 51.4 Å². The number of urea groups is 1. The van der Waals surface area contributed by atoms with Gasteiger partial charge in [0.2, 0.25) is 5.91 Å². The summed E-state index contributed by atoms with van der Waals surface area (Å²) in [5, 5.41) is 3.21. The van der Waals surface area contributed by atoms with Gasteiger partial charge in [0.05, 0.1) is 0 Å². The van der Waals surface area contributed by atoms with E-state index in [2.05, 4.69) is 5.32 Å². The molecule has 1 saturated heterocycles. The van der Waals surface area contributed by atoms with Gasteiger partial charge >= 0.3 is 6.03 Å². The summed E-state index contributed by atoms with van der Waals surface area (Å²) in [7, 11) is 0. The molecule has 0 radical (unpaired) electrons. The minimum atomic E-state index is 0.0812. The Balaban J connectivity index is 1.26. The molecule has 0 aromatic carbocycles. The molecule has 1 N–H and O–H groups in total. The highest BCUT2D eigenvalue weighted by molar-refractivity contribution is 5.81. The summed E-state index contributed by atoms with van der Waals surface area (Å²) >= 11 is 0. The van der Waals surface area contributed by atoms with Crippen LogP contribution in [0.1, 0.15) is 51.4 Å².